The summed E-state index contributed by atoms with van der Waals surface area (Å²) < 4.78 is 18.4. The molecule has 1 aromatic heterocycles. The predicted molar refractivity (Wildman–Crippen MR) is 104 cm³/mol. The molecule has 1 aromatic carbocycles. The van der Waals surface area contributed by atoms with Crippen LogP contribution in [0.15, 0.2) is 47.0 Å². The quantitative estimate of drug-likeness (QED) is 0.771. The third-order valence-corrected chi connectivity index (χ3v) is 4.80. The molecule has 150 valence electrons. The van der Waals surface area contributed by atoms with Crippen molar-refractivity contribution in [3.05, 3.63) is 54.1 Å². The van der Waals surface area contributed by atoms with Crippen molar-refractivity contribution in [3.8, 4) is 11.3 Å². The number of allylic oxidation sites excluding steroid dienone is 1. The predicted octanol–water partition coefficient (Wildman–Crippen LogP) is 3.20. The van der Waals surface area contributed by atoms with Crippen molar-refractivity contribution < 1.29 is 18.8 Å². The van der Waals surface area contributed by atoms with Crippen LogP contribution < -0.4 is 5.32 Å². The van der Waals surface area contributed by atoms with Crippen LogP contribution in [0.4, 0.5) is 4.39 Å². The van der Waals surface area contributed by atoms with Crippen LogP contribution in [0.1, 0.15) is 37.7 Å². The highest BCUT2D eigenvalue weighted by Gasteiger charge is 2.38. The molecule has 1 fully saturated rings. The van der Waals surface area contributed by atoms with Gasteiger partial charge in [-0.3, -0.25) is 10.1 Å². The normalized spacial score (nSPS) is 22.9. The second-order valence-corrected chi connectivity index (χ2v) is 7.48. The molecule has 1 saturated heterocycles. The fourth-order valence-electron chi connectivity index (χ4n) is 3.50. The monoisotopic (exact) mass is 387 g/mol. The molecule has 2 heterocycles. The number of piperazine rings is 1. The number of halogens is 1. The highest BCUT2D eigenvalue weighted by molar-refractivity contribution is 5.92. The summed E-state index contributed by atoms with van der Waals surface area (Å²) in [5, 5.41) is 17.7. The molecule has 2 aromatic rings. The molecule has 3 rings (SSSR count). The van der Waals surface area contributed by atoms with Crippen molar-refractivity contribution in [2.24, 2.45) is 5.92 Å². The number of benzene rings is 1. The van der Waals surface area contributed by atoms with E-state index in [1.807, 2.05) is 19.1 Å². The van der Waals surface area contributed by atoms with Crippen molar-refractivity contribution in [2.45, 2.75) is 45.5 Å². The second-order valence-electron chi connectivity index (χ2n) is 7.48. The third-order valence-electron chi connectivity index (χ3n) is 4.80. The highest BCUT2D eigenvalue weighted by atomic mass is 19.1. The average Bonchev–Trinajstić information content (AvgIpc) is 3.14. The summed E-state index contributed by atoms with van der Waals surface area (Å²) in [7, 11) is 0. The van der Waals surface area contributed by atoms with Gasteiger partial charge in [-0.2, -0.15) is 0 Å². The third kappa shape index (κ3) is 4.48. The molecule has 7 heteroatoms. The molecule has 1 amide bonds. The molecule has 6 nitrogen and oxygen atoms in total. The van der Waals surface area contributed by atoms with Crippen molar-refractivity contribution in [2.75, 3.05) is 6.54 Å². The summed E-state index contributed by atoms with van der Waals surface area (Å²) in [6.45, 7) is 6.42. The minimum absolute atomic E-state index is 0.0985. The van der Waals surface area contributed by atoms with E-state index in [2.05, 4.69) is 24.3 Å². The number of aliphatic hydroxyl groups is 1. The van der Waals surface area contributed by atoms with Gasteiger partial charge < -0.3 is 14.5 Å². The number of nitrogens with zero attached hydrogens (tertiary/aromatic N) is 2. The number of rotatable bonds is 5. The van der Waals surface area contributed by atoms with Crippen LogP contribution in [0, 0.1) is 11.7 Å². The SMILES string of the molecule is CC=CC1CN(C(=O)c2cc(-c3ccc(F)cc3)no2)C(CC(C)C)C(O)N1. The number of aromatic nitrogens is 1. The number of carbonyl (C=O) groups is 1. The van der Waals surface area contributed by atoms with Crippen LogP contribution in [0.25, 0.3) is 11.3 Å². The van der Waals surface area contributed by atoms with E-state index in [0.717, 1.165) is 0 Å². The Balaban J connectivity index is 1.85. The van der Waals surface area contributed by atoms with E-state index in [1.165, 1.54) is 12.1 Å². The average molecular weight is 387 g/mol. The fourth-order valence-corrected chi connectivity index (χ4v) is 3.50. The molecule has 0 radical (unpaired) electrons. The maximum atomic E-state index is 13.2. The number of hydrogen-bond acceptors (Lipinski definition) is 5. The van der Waals surface area contributed by atoms with Gasteiger partial charge in [-0.25, -0.2) is 4.39 Å². The summed E-state index contributed by atoms with van der Waals surface area (Å²) in [5.74, 6) is -0.257. The van der Waals surface area contributed by atoms with Crippen LogP contribution in [-0.4, -0.2) is 45.9 Å². The van der Waals surface area contributed by atoms with Crippen LogP contribution >= 0.6 is 0 Å². The minimum Gasteiger partial charge on any atom is -0.376 e. The smallest absolute Gasteiger partial charge is 0.292 e. The lowest BCUT2D eigenvalue weighted by Gasteiger charge is -2.43. The van der Waals surface area contributed by atoms with E-state index in [0.29, 0.717) is 30.1 Å². The van der Waals surface area contributed by atoms with Gasteiger partial charge in [-0.05, 0) is 43.5 Å². The van der Waals surface area contributed by atoms with E-state index >= 15 is 0 Å². The highest BCUT2D eigenvalue weighted by Crippen LogP contribution is 2.24. The maximum absolute atomic E-state index is 13.2. The van der Waals surface area contributed by atoms with E-state index in [1.54, 1.807) is 23.1 Å². The molecule has 3 atom stereocenters. The van der Waals surface area contributed by atoms with Gasteiger partial charge in [-0.1, -0.05) is 31.2 Å². The molecular formula is C21H26FN3O3. The van der Waals surface area contributed by atoms with Crippen molar-refractivity contribution in [1.29, 1.82) is 0 Å². The molecule has 0 bridgehead atoms. The number of carbonyl (C=O) groups excluding carboxylic acids is 1. The minimum atomic E-state index is -0.833. The van der Waals surface area contributed by atoms with E-state index in [-0.39, 0.29) is 29.6 Å². The molecule has 1 aliphatic rings. The standard InChI is InChI=1S/C21H26FN3O3/c1-4-5-16-12-25(18(10-13(2)3)20(26)23-16)21(27)19-11-17(24-28-19)14-6-8-15(22)9-7-14/h4-9,11,13,16,18,20,23,26H,10,12H2,1-3H3. The van der Waals surface area contributed by atoms with E-state index in [9.17, 15) is 14.3 Å². The first kappa shape index (κ1) is 20.2. The Kier molecular flexibility index (Phi) is 6.26. The first-order chi connectivity index (χ1) is 13.4. The van der Waals surface area contributed by atoms with Crippen LogP contribution in [0.5, 0.6) is 0 Å². The Morgan fingerprint density at radius 2 is 2.14 bits per heavy atom. The molecule has 2 N–H and O–H groups in total. The lowest BCUT2D eigenvalue weighted by Crippen LogP contribution is -2.63. The Bertz CT molecular complexity index is 832. The van der Waals surface area contributed by atoms with E-state index in [4.69, 9.17) is 4.52 Å². The van der Waals surface area contributed by atoms with Gasteiger partial charge in [0.2, 0.25) is 5.76 Å². The summed E-state index contributed by atoms with van der Waals surface area (Å²) >= 11 is 0. The molecule has 1 aliphatic heterocycles. The first-order valence-electron chi connectivity index (χ1n) is 9.49. The van der Waals surface area contributed by atoms with Gasteiger partial charge in [0, 0.05) is 24.2 Å². The Morgan fingerprint density at radius 1 is 1.43 bits per heavy atom. The van der Waals surface area contributed by atoms with Crippen LogP contribution in [0.2, 0.25) is 0 Å². The summed E-state index contributed by atoms with van der Waals surface area (Å²) in [6, 6.07) is 6.87. The molecule has 3 unspecified atom stereocenters. The second kappa shape index (κ2) is 8.67. The van der Waals surface area contributed by atoms with Gasteiger partial charge in [-0.15, -0.1) is 0 Å². The lowest BCUT2D eigenvalue weighted by molar-refractivity contribution is -0.0170. The number of hydrogen-bond donors (Lipinski definition) is 2. The number of aliphatic hydroxyl groups excluding tert-OH is 1. The largest absolute Gasteiger partial charge is 0.376 e. The Hall–Kier alpha value is -2.51. The van der Waals surface area contributed by atoms with Crippen LogP contribution in [-0.2, 0) is 0 Å². The van der Waals surface area contributed by atoms with Crippen molar-refractivity contribution in [1.82, 2.24) is 15.4 Å². The van der Waals surface area contributed by atoms with Gasteiger partial charge in [0.25, 0.3) is 5.91 Å². The first-order valence-corrected chi connectivity index (χ1v) is 9.49. The summed E-state index contributed by atoms with van der Waals surface area (Å²) in [6.07, 6.45) is 3.62. The summed E-state index contributed by atoms with van der Waals surface area (Å²) in [4.78, 5) is 14.8. The molecular weight excluding hydrogens is 361 g/mol. The van der Waals surface area contributed by atoms with Crippen molar-refractivity contribution >= 4 is 5.91 Å². The van der Waals surface area contributed by atoms with Gasteiger partial charge in [0.05, 0.1) is 6.04 Å². The summed E-state index contributed by atoms with van der Waals surface area (Å²) in [5.41, 5.74) is 1.12. The zero-order chi connectivity index (χ0) is 20.3. The Morgan fingerprint density at radius 3 is 2.79 bits per heavy atom. The number of nitrogens with one attached hydrogen (secondary N) is 1. The van der Waals surface area contributed by atoms with Gasteiger partial charge >= 0.3 is 0 Å². The molecule has 28 heavy (non-hydrogen) atoms. The van der Waals surface area contributed by atoms with Gasteiger partial charge in [0.1, 0.15) is 17.7 Å². The Labute approximate surface area is 164 Å². The maximum Gasteiger partial charge on any atom is 0.292 e. The zero-order valence-electron chi connectivity index (χ0n) is 16.3. The number of amides is 1. The fraction of sp³-hybridized carbons (Fsp3) is 0.429. The lowest BCUT2D eigenvalue weighted by atomic mass is 9.97. The molecule has 0 saturated carbocycles. The zero-order valence-corrected chi connectivity index (χ0v) is 16.3. The van der Waals surface area contributed by atoms with Crippen molar-refractivity contribution in [3.63, 3.8) is 0 Å². The van der Waals surface area contributed by atoms with Crippen LogP contribution in [0.3, 0.4) is 0 Å². The molecule has 0 spiro atoms. The van der Waals surface area contributed by atoms with E-state index < -0.39 is 6.23 Å². The van der Waals surface area contributed by atoms with Gasteiger partial charge in [0.15, 0.2) is 0 Å². The molecule has 0 aliphatic carbocycles. The topological polar surface area (TPSA) is 78.6 Å².